The van der Waals surface area contributed by atoms with Crippen molar-refractivity contribution in [2.24, 2.45) is 0 Å². The zero-order chi connectivity index (χ0) is 17.7. The number of nitrogens with zero attached hydrogens (tertiary/aromatic N) is 1. The molecule has 1 N–H and O–H groups in total. The molecule has 0 aliphatic rings. The average molecular weight is 328 g/mol. The van der Waals surface area contributed by atoms with Crippen LogP contribution in [0.15, 0.2) is 60.8 Å². The van der Waals surface area contributed by atoms with E-state index in [0.29, 0.717) is 6.42 Å². The van der Waals surface area contributed by atoms with E-state index in [-0.39, 0.29) is 6.10 Å². The summed E-state index contributed by atoms with van der Waals surface area (Å²) in [5.41, 5.74) is 0. The zero-order valence-electron chi connectivity index (χ0n) is 15.1. The van der Waals surface area contributed by atoms with E-state index in [2.05, 4.69) is 55.5 Å². The molecule has 0 saturated carbocycles. The Hall–Kier alpha value is -1.85. The van der Waals surface area contributed by atoms with Gasteiger partial charge in [-0.1, -0.05) is 86.9 Å². The van der Waals surface area contributed by atoms with Crippen LogP contribution in [0.5, 0.6) is 0 Å². The van der Waals surface area contributed by atoms with Gasteiger partial charge in [-0.05, 0) is 32.1 Å². The van der Waals surface area contributed by atoms with Gasteiger partial charge in [0.05, 0.1) is 12.2 Å². The molecule has 1 unspecified atom stereocenters. The normalized spacial score (nSPS) is 13.9. The van der Waals surface area contributed by atoms with E-state index in [1.165, 1.54) is 12.8 Å². The van der Waals surface area contributed by atoms with Crippen molar-refractivity contribution in [1.82, 2.24) is 0 Å². The van der Waals surface area contributed by atoms with Gasteiger partial charge < -0.3 is 5.11 Å². The van der Waals surface area contributed by atoms with Gasteiger partial charge in [-0.3, -0.25) is 0 Å². The lowest BCUT2D eigenvalue weighted by molar-refractivity contribution is 0.208. The quantitative estimate of drug-likeness (QED) is 0.235. The predicted molar refractivity (Wildman–Crippen MR) is 105 cm³/mol. The van der Waals surface area contributed by atoms with Crippen LogP contribution in [0, 0.1) is 11.3 Å². The molecule has 0 aromatic carbocycles. The van der Waals surface area contributed by atoms with E-state index >= 15 is 0 Å². The summed E-state index contributed by atoms with van der Waals surface area (Å²) < 4.78 is 0. The summed E-state index contributed by atoms with van der Waals surface area (Å²) in [6.07, 6.45) is 28.9. The number of aliphatic hydroxyl groups excluding tert-OH is 1. The van der Waals surface area contributed by atoms with Crippen LogP contribution < -0.4 is 0 Å². The zero-order valence-corrected chi connectivity index (χ0v) is 15.1. The molecule has 0 bridgehead atoms. The van der Waals surface area contributed by atoms with E-state index < -0.39 is 0 Å². The third-order valence-corrected chi connectivity index (χ3v) is 3.42. The Morgan fingerprint density at radius 3 is 2.12 bits per heavy atom. The van der Waals surface area contributed by atoms with E-state index in [1.807, 2.05) is 18.2 Å². The summed E-state index contributed by atoms with van der Waals surface area (Å²) in [4.78, 5) is 0. The first-order chi connectivity index (χ1) is 11.8. The van der Waals surface area contributed by atoms with E-state index in [9.17, 15) is 5.11 Å². The van der Waals surface area contributed by atoms with Crippen LogP contribution >= 0.6 is 0 Å². The lowest BCUT2D eigenvalue weighted by atomic mass is 10.1. The minimum absolute atomic E-state index is 0.309. The minimum atomic E-state index is -0.309. The molecule has 2 heteroatoms. The van der Waals surface area contributed by atoms with Crippen molar-refractivity contribution in [3.8, 4) is 6.07 Å². The van der Waals surface area contributed by atoms with Crippen molar-refractivity contribution >= 4 is 0 Å². The molecule has 0 spiro atoms. The summed E-state index contributed by atoms with van der Waals surface area (Å²) in [5.74, 6) is 0. The van der Waals surface area contributed by atoms with E-state index in [0.717, 1.165) is 38.5 Å². The Morgan fingerprint density at radius 2 is 1.50 bits per heavy atom. The first-order valence-electron chi connectivity index (χ1n) is 9.14. The van der Waals surface area contributed by atoms with Crippen LogP contribution in [-0.2, 0) is 0 Å². The standard InChI is InChI=1S/C22H33NO/c1-2-3-16-19-22(24)20-17-14-12-10-8-6-4-5-7-9-11-13-15-18-21-23/h5-8,11-14,17,20,22,24H,2-4,9-10,15-16,18-19H2,1H3/b7-5-,8-6-,13-11-,14-12-,20-17+. The van der Waals surface area contributed by atoms with E-state index in [1.54, 1.807) is 0 Å². The molecule has 0 saturated heterocycles. The van der Waals surface area contributed by atoms with Crippen molar-refractivity contribution in [2.75, 3.05) is 0 Å². The molecular formula is C22H33NO. The molecule has 0 rings (SSSR count). The number of rotatable bonds is 14. The number of hydrogen-bond acceptors (Lipinski definition) is 2. The summed E-state index contributed by atoms with van der Waals surface area (Å²) in [6, 6.07) is 2.13. The van der Waals surface area contributed by atoms with Crippen LogP contribution in [0.4, 0.5) is 0 Å². The van der Waals surface area contributed by atoms with Crippen molar-refractivity contribution in [1.29, 1.82) is 5.26 Å². The first-order valence-corrected chi connectivity index (χ1v) is 9.14. The topological polar surface area (TPSA) is 44.0 Å². The average Bonchev–Trinajstić information content (AvgIpc) is 2.58. The molecule has 0 aliphatic carbocycles. The SMILES string of the molecule is CCCCCC(O)/C=C/C=C\C/C=C\C/C=C\C/C=C\CCC#N. The molecule has 132 valence electrons. The van der Waals surface area contributed by atoms with Crippen LogP contribution in [0.3, 0.4) is 0 Å². The van der Waals surface area contributed by atoms with Crippen LogP contribution in [-0.4, -0.2) is 11.2 Å². The summed E-state index contributed by atoms with van der Waals surface area (Å²) >= 11 is 0. The third kappa shape index (κ3) is 18.2. The lowest BCUT2D eigenvalue weighted by Crippen LogP contribution is -2.00. The van der Waals surface area contributed by atoms with Gasteiger partial charge in [0.15, 0.2) is 0 Å². The fraction of sp³-hybridized carbons (Fsp3) is 0.500. The maximum atomic E-state index is 9.72. The predicted octanol–water partition coefficient (Wildman–Crippen LogP) is 6.18. The van der Waals surface area contributed by atoms with Gasteiger partial charge in [0.2, 0.25) is 0 Å². The summed E-state index contributed by atoms with van der Waals surface area (Å²) in [5, 5.41) is 18.1. The molecule has 0 amide bonds. The Balaban J connectivity index is 3.60. The number of aliphatic hydroxyl groups is 1. The van der Waals surface area contributed by atoms with Crippen LogP contribution in [0.1, 0.15) is 64.7 Å². The van der Waals surface area contributed by atoms with Gasteiger partial charge in [-0.25, -0.2) is 0 Å². The van der Waals surface area contributed by atoms with Crippen molar-refractivity contribution in [3.63, 3.8) is 0 Å². The van der Waals surface area contributed by atoms with Gasteiger partial charge in [0, 0.05) is 6.42 Å². The Labute approximate surface area is 148 Å². The summed E-state index contributed by atoms with van der Waals surface area (Å²) in [6.45, 7) is 2.17. The second-order valence-corrected chi connectivity index (χ2v) is 5.69. The van der Waals surface area contributed by atoms with E-state index in [4.69, 9.17) is 5.26 Å². The van der Waals surface area contributed by atoms with Gasteiger partial charge in [0.1, 0.15) is 0 Å². The molecule has 0 fully saturated rings. The van der Waals surface area contributed by atoms with Crippen molar-refractivity contribution in [3.05, 3.63) is 60.8 Å². The maximum Gasteiger partial charge on any atom is 0.0723 e. The second-order valence-electron chi connectivity index (χ2n) is 5.69. The molecular weight excluding hydrogens is 294 g/mol. The van der Waals surface area contributed by atoms with Crippen LogP contribution in [0.2, 0.25) is 0 Å². The Kier molecular flexibility index (Phi) is 17.7. The largest absolute Gasteiger partial charge is 0.389 e. The number of allylic oxidation sites excluding steroid dienone is 9. The Bertz CT molecular complexity index is 449. The monoisotopic (exact) mass is 327 g/mol. The fourth-order valence-electron chi connectivity index (χ4n) is 2.03. The van der Waals surface area contributed by atoms with Crippen molar-refractivity contribution in [2.45, 2.75) is 70.8 Å². The molecule has 24 heavy (non-hydrogen) atoms. The highest BCUT2D eigenvalue weighted by Gasteiger charge is 1.96. The third-order valence-electron chi connectivity index (χ3n) is 3.42. The Morgan fingerprint density at radius 1 is 0.875 bits per heavy atom. The van der Waals surface area contributed by atoms with Gasteiger partial charge in [0.25, 0.3) is 0 Å². The minimum Gasteiger partial charge on any atom is -0.389 e. The number of nitriles is 1. The second kappa shape index (κ2) is 19.2. The molecule has 1 atom stereocenters. The highest BCUT2D eigenvalue weighted by molar-refractivity contribution is 5.07. The number of unbranched alkanes of at least 4 members (excludes halogenated alkanes) is 3. The highest BCUT2D eigenvalue weighted by atomic mass is 16.3. The molecule has 0 aromatic rings. The molecule has 0 aromatic heterocycles. The molecule has 2 nitrogen and oxygen atoms in total. The fourth-order valence-corrected chi connectivity index (χ4v) is 2.03. The van der Waals surface area contributed by atoms with Gasteiger partial charge in [-0.15, -0.1) is 0 Å². The van der Waals surface area contributed by atoms with Crippen molar-refractivity contribution < 1.29 is 5.11 Å². The number of hydrogen-bond donors (Lipinski definition) is 1. The van der Waals surface area contributed by atoms with Gasteiger partial charge >= 0.3 is 0 Å². The van der Waals surface area contributed by atoms with Crippen LogP contribution in [0.25, 0.3) is 0 Å². The highest BCUT2D eigenvalue weighted by Crippen LogP contribution is 2.04. The smallest absolute Gasteiger partial charge is 0.0723 e. The molecule has 0 heterocycles. The lowest BCUT2D eigenvalue weighted by Gasteiger charge is -2.02. The molecule has 0 aliphatic heterocycles. The molecule has 0 radical (unpaired) electrons. The first kappa shape index (κ1) is 22.1. The maximum absolute atomic E-state index is 9.72. The van der Waals surface area contributed by atoms with Gasteiger partial charge in [-0.2, -0.15) is 5.26 Å². The summed E-state index contributed by atoms with van der Waals surface area (Å²) in [7, 11) is 0.